The van der Waals surface area contributed by atoms with Crippen molar-refractivity contribution in [3.05, 3.63) is 42.5 Å². The van der Waals surface area contributed by atoms with E-state index in [1.807, 2.05) is 12.1 Å². The molecule has 0 N–H and O–H groups in total. The molecule has 2 heteroatoms. The number of hydrogen-bond acceptors (Lipinski definition) is 0. The third-order valence-electron chi connectivity index (χ3n) is 2.15. The maximum absolute atomic E-state index is 3.60. The van der Waals surface area contributed by atoms with Gasteiger partial charge in [-0.15, -0.1) is 0 Å². The number of benzene rings is 1. The smallest absolute Gasteiger partial charge is 0.512 e. The second-order valence-corrected chi connectivity index (χ2v) is 4.41. The summed E-state index contributed by atoms with van der Waals surface area (Å²) in [7, 11) is 2.12. The Labute approximate surface area is 137 Å². The molecule has 1 rings (SSSR count). The molecule has 0 unspecified atom stereocenters. The van der Waals surface area contributed by atoms with E-state index in [9.17, 15) is 0 Å². The summed E-state index contributed by atoms with van der Waals surface area (Å²) in [6, 6.07) is 9.40. The van der Waals surface area contributed by atoms with Gasteiger partial charge in [-0.05, 0) is 0 Å². The quantitative estimate of drug-likeness (QED) is 0.479. The Hall–Kier alpha value is 0.661. The second-order valence-electron chi connectivity index (χ2n) is 4.41. The van der Waals surface area contributed by atoms with Gasteiger partial charge in [0.1, 0.15) is 0 Å². The molecule has 0 aromatic heterocycles. The molecule has 1 aromatic carbocycles. The van der Waals surface area contributed by atoms with Gasteiger partial charge in [0.05, 0.1) is 7.28 Å². The van der Waals surface area contributed by atoms with E-state index in [-0.39, 0.29) is 56.8 Å². The molecule has 0 aliphatic carbocycles. The van der Waals surface area contributed by atoms with E-state index in [2.05, 4.69) is 52.8 Å². The first-order chi connectivity index (χ1) is 6.55. The first-order valence-electron chi connectivity index (χ1n) is 4.90. The van der Waals surface area contributed by atoms with Crippen molar-refractivity contribution >= 4 is 12.7 Å². The van der Waals surface area contributed by atoms with Crippen LogP contribution in [-0.2, 0) is 5.41 Å². The molecule has 0 heterocycles. The minimum atomic E-state index is 0. The third-order valence-corrected chi connectivity index (χ3v) is 2.15. The monoisotopic (exact) mass is 222 g/mol. The molecule has 15 heavy (non-hydrogen) atoms. The van der Waals surface area contributed by atoms with E-state index < -0.39 is 0 Å². The third kappa shape index (κ3) is 5.01. The van der Waals surface area contributed by atoms with Crippen LogP contribution in [0, 0.1) is 12.1 Å². The van der Waals surface area contributed by atoms with Crippen LogP contribution in [-0.4, -0.2) is 7.28 Å². The van der Waals surface area contributed by atoms with Crippen LogP contribution in [0.2, 0.25) is 6.32 Å². The topological polar surface area (TPSA) is 0 Å². The summed E-state index contributed by atoms with van der Waals surface area (Å²) in [4.78, 5) is 0. The molecule has 1 aromatic rings. The summed E-state index contributed by atoms with van der Waals surface area (Å²) in [6.45, 7) is 10.2. The molecule has 1 radical (unpaired) electrons. The second kappa shape index (κ2) is 7.08. The van der Waals surface area contributed by atoms with Crippen LogP contribution in [0.5, 0.6) is 0 Å². The summed E-state index contributed by atoms with van der Waals surface area (Å²) >= 11 is 0. The Morgan fingerprint density at radius 1 is 1.47 bits per heavy atom. The van der Waals surface area contributed by atoms with Gasteiger partial charge in [0.15, 0.2) is 0 Å². The maximum Gasteiger partial charge on any atom is 1.00 e. The molecule has 0 amide bonds. The molecule has 0 nitrogen and oxygen atoms in total. The predicted molar refractivity (Wildman–Crippen MR) is 63.0 cm³/mol. The van der Waals surface area contributed by atoms with Crippen molar-refractivity contribution in [3.63, 3.8) is 0 Å². The van der Waals surface area contributed by atoms with Crippen LogP contribution in [0.25, 0.3) is 0 Å². The van der Waals surface area contributed by atoms with Crippen molar-refractivity contribution in [2.24, 2.45) is 0 Å². The molecule has 0 fully saturated rings. The van der Waals surface area contributed by atoms with Crippen molar-refractivity contribution in [3.8, 4) is 0 Å². The fourth-order valence-corrected chi connectivity index (χ4v) is 1.45. The minimum Gasteiger partial charge on any atom is -0.512 e. The van der Waals surface area contributed by atoms with Crippen LogP contribution >= 0.6 is 0 Å². The first-order valence-corrected chi connectivity index (χ1v) is 4.90. The zero-order chi connectivity index (χ0) is 10.6. The van der Waals surface area contributed by atoms with Crippen LogP contribution in [0.15, 0.2) is 24.8 Å². The largest absolute Gasteiger partial charge is 1.00 e. The first kappa shape index (κ1) is 15.7. The Balaban J connectivity index is 0.00000196. The number of rotatable bonds is 3. The molecule has 0 atom stereocenters. The van der Waals surface area contributed by atoms with E-state index in [1.165, 1.54) is 11.0 Å². The number of allylic oxidation sites excluding steroid dienone is 1. The molecule has 0 spiro atoms. The standard InChI is InChI=1S/C13H16B.K/c1-5-10-14-12-9-7-6-8-11(12)13(2,3)4;/h6-8H,1,10H2,2-4H3;/q-2;+1. The maximum atomic E-state index is 3.60. The molecule has 73 valence electrons. The zero-order valence-corrected chi connectivity index (χ0v) is 13.3. The van der Waals surface area contributed by atoms with E-state index in [4.69, 9.17) is 0 Å². The summed E-state index contributed by atoms with van der Waals surface area (Å²) in [5, 5.41) is 0. The Morgan fingerprint density at radius 2 is 2.13 bits per heavy atom. The minimum absolute atomic E-state index is 0. The van der Waals surface area contributed by atoms with E-state index in [0.717, 1.165) is 6.32 Å². The van der Waals surface area contributed by atoms with Gasteiger partial charge in [0.25, 0.3) is 0 Å². The molecule has 0 bridgehead atoms. The molecule has 0 aliphatic heterocycles. The normalized spacial score (nSPS) is 10.3. The molecular weight excluding hydrogens is 206 g/mol. The average molecular weight is 222 g/mol. The average Bonchev–Trinajstić information content (AvgIpc) is 2.14. The number of hydrogen-bond donors (Lipinski definition) is 0. The van der Waals surface area contributed by atoms with E-state index in [1.54, 1.807) is 0 Å². The van der Waals surface area contributed by atoms with E-state index >= 15 is 0 Å². The van der Waals surface area contributed by atoms with Gasteiger partial charge < -0.3 is 6.08 Å². The van der Waals surface area contributed by atoms with Crippen LogP contribution in [0.4, 0.5) is 0 Å². The SMILES string of the molecule is C=[C-]C[B]c1[c-]cccc1C(C)(C)C.[K+]. The zero-order valence-electron chi connectivity index (χ0n) is 10.2. The Bertz CT molecular complexity index is 313. The predicted octanol–water partition coefficient (Wildman–Crippen LogP) is -0.475. The summed E-state index contributed by atoms with van der Waals surface area (Å²) in [6.07, 6.45) is 3.65. The van der Waals surface area contributed by atoms with Crippen LogP contribution in [0.1, 0.15) is 26.3 Å². The van der Waals surface area contributed by atoms with Gasteiger partial charge in [-0.25, -0.2) is 6.32 Å². The van der Waals surface area contributed by atoms with Crippen LogP contribution in [0.3, 0.4) is 0 Å². The Morgan fingerprint density at radius 3 is 2.67 bits per heavy atom. The molecular formula is C13H16BK-. The van der Waals surface area contributed by atoms with E-state index in [0.29, 0.717) is 0 Å². The van der Waals surface area contributed by atoms with Crippen LogP contribution < -0.4 is 56.8 Å². The molecule has 0 saturated heterocycles. The summed E-state index contributed by atoms with van der Waals surface area (Å²) < 4.78 is 0. The molecule has 0 aliphatic rings. The Kier molecular flexibility index (Phi) is 7.39. The van der Waals surface area contributed by atoms with Gasteiger partial charge >= 0.3 is 51.4 Å². The molecule has 0 saturated carbocycles. The van der Waals surface area contributed by atoms with Gasteiger partial charge in [0, 0.05) is 0 Å². The van der Waals surface area contributed by atoms with Crippen molar-refractivity contribution < 1.29 is 51.4 Å². The van der Waals surface area contributed by atoms with Gasteiger partial charge in [-0.1, -0.05) is 26.2 Å². The van der Waals surface area contributed by atoms with Gasteiger partial charge in [0.2, 0.25) is 0 Å². The van der Waals surface area contributed by atoms with Gasteiger partial charge in [-0.3, -0.25) is 6.58 Å². The van der Waals surface area contributed by atoms with Crippen molar-refractivity contribution in [2.45, 2.75) is 32.5 Å². The fourth-order valence-electron chi connectivity index (χ4n) is 1.45. The van der Waals surface area contributed by atoms with Crippen molar-refractivity contribution in [1.82, 2.24) is 0 Å². The van der Waals surface area contributed by atoms with Gasteiger partial charge in [-0.2, -0.15) is 35.3 Å². The van der Waals surface area contributed by atoms with Crippen molar-refractivity contribution in [2.75, 3.05) is 0 Å². The summed E-state index contributed by atoms with van der Waals surface area (Å²) in [5.74, 6) is 0. The van der Waals surface area contributed by atoms with Crippen molar-refractivity contribution in [1.29, 1.82) is 0 Å². The summed E-state index contributed by atoms with van der Waals surface area (Å²) in [5.41, 5.74) is 2.68. The fraction of sp³-hybridized carbons (Fsp3) is 0.385.